The van der Waals surface area contributed by atoms with E-state index in [0.29, 0.717) is 0 Å². The molecule has 0 aromatic heterocycles. The van der Waals surface area contributed by atoms with E-state index in [1.54, 1.807) is 11.1 Å². The number of benzene rings is 3. The summed E-state index contributed by atoms with van der Waals surface area (Å²) in [7, 11) is 0. The van der Waals surface area contributed by atoms with E-state index in [-0.39, 0.29) is 5.54 Å². The molecule has 1 saturated heterocycles. The first kappa shape index (κ1) is 18.6. The van der Waals surface area contributed by atoms with Crippen molar-refractivity contribution in [3.8, 4) is 0 Å². The Balaban J connectivity index is 1.40. The van der Waals surface area contributed by atoms with Gasteiger partial charge < -0.3 is 0 Å². The zero-order valence-corrected chi connectivity index (χ0v) is 17.1. The van der Waals surface area contributed by atoms with Crippen molar-refractivity contribution >= 4 is 0 Å². The Bertz CT molecular complexity index is 927. The van der Waals surface area contributed by atoms with Gasteiger partial charge in [-0.15, -0.1) is 0 Å². The number of likely N-dealkylation sites (tertiary alicyclic amines) is 1. The first-order chi connectivity index (χ1) is 14.3. The highest BCUT2D eigenvalue weighted by Gasteiger charge is 2.44. The van der Waals surface area contributed by atoms with Gasteiger partial charge in [-0.3, -0.25) is 9.80 Å². The molecule has 0 N–H and O–H groups in total. The van der Waals surface area contributed by atoms with Gasteiger partial charge in [-0.1, -0.05) is 84.9 Å². The van der Waals surface area contributed by atoms with E-state index in [4.69, 9.17) is 0 Å². The maximum Gasteiger partial charge on any atom is 0.0491 e. The second-order valence-electron chi connectivity index (χ2n) is 8.61. The molecule has 2 aliphatic heterocycles. The van der Waals surface area contributed by atoms with E-state index < -0.39 is 0 Å². The molecule has 0 atom stereocenters. The highest BCUT2D eigenvalue weighted by Crippen LogP contribution is 2.44. The van der Waals surface area contributed by atoms with Crippen LogP contribution >= 0.6 is 0 Å². The molecule has 2 heteroatoms. The third-order valence-corrected chi connectivity index (χ3v) is 6.92. The van der Waals surface area contributed by atoms with Crippen molar-refractivity contribution in [2.45, 2.75) is 37.9 Å². The van der Waals surface area contributed by atoms with E-state index in [1.165, 1.54) is 30.4 Å². The minimum absolute atomic E-state index is 0.178. The molecule has 0 saturated carbocycles. The predicted octanol–water partition coefficient (Wildman–Crippen LogP) is 5.24. The van der Waals surface area contributed by atoms with E-state index in [2.05, 4.69) is 94.7 Å². The number of piperidine rings is 1. The van der Waals surface area contributed by atoms with Crippen molar-refractivity contribution in [1.29, 1.82) is 0 Å². The molecule has 1 fully saturated rings. The van der Waals surface area contributed by atoms with Crippen LogP contribution in [-0.2, 0) is 25.0 Å². The van der Waals surface area contributed by atoms with Gasteiger partial charge in [-0.2, -0.15) is 0 Å². The maximum atomic E-state index is 2.78. The summed E-state index contributed by atoms with van der Waals surface area (Å²) in [6, 6.07) is 31.1. The minimum Gasteiger partial charge on any atom is -0.299 e. The topological polar surface area (TPSA) is 6.48 Å². The molecular formula is C27H30N2. The van der Waals surface area contributed by atoms with Crippen LogP contribution < -0.4 is 0 Å². The van der Waals surface area contributed by atoms with Gasteiger partial charge in [0, 0.05) is 38.3 Å². The zero-order chi connectivity index (χ0) is 19.5. The first-order valence-corrected chi connectivity index (χ1v) is 11.0. The molecule has 2 aliphatic rings. The first-order valence-electron chi connectivity index (χ1n) is 11.0. The summed E-state index contributed by atoms with van der Waals surface area (Å²) in [5.41, 5.74) is 6.18. The van der Waals surface area contributed by atoms with E-state index in [9.17, 15) is 0 Å². The maximum absolute atomic E-state index is 2.78. The van der Waals surface area contributed by atoms with E-state index in [0.717, 1.165) is 32.7 Å². The molecule has 1 spiro atoms. The summed E-state index contributed by atoms with van der Waals surface area (Å²) in [6.45, 7) is 5.60. The fourth-order valence-electron chi connectivity index (χ4n) is 5.37. The Morgan fingerprint density at radius 1 is 0.621 bits per heavy atom. The Morgan fingerprint density at radius 2 is 1.21 bits per heavy atom. The quantitative estimate of drug-likeness (QED) is 0.609. The van der Waals surface area contributed by atoms with E-state index in [1.807, 2.05) is 0 Å². The van der Waals surface area contributed by atoms with Crippen LogP contribution in [0.2, 0.25) is 0 Å². The Kier molecular flexibility index (Phi) is 5.22. The summed E-state index contributed by atoms with van der Waals surface area (Å²) >= 11 is 0. The predicted molar refractivity (Wildman–Crippen MR) is 120 cm³/mol. The lowest BCUT2D eigenvalue weighted by atomic mass is 9.74. The van der Waals surface area contributed by atoms with Crippen molar-refractivity contribution in [2.24, 2.45) is 0 Å². The molecule has 0 aliphatic carbocycles. The fourth-order valence-corrected chi connectivity index (χ4v) is 5.37. The highest BCUT2D eigenvalue weighted by atomic mass is 15.2. The van der Waals surface area contributed by atoms with Crippen molar-refractivity contribution < 1.29 is 0 Å². The molecule has 0 unspecified atom stereocenters. The lowest BCUT2D eigenvalue weighted by Gasteiger charge is -2.52. The fraction of sp³-hybridized carbons (Fsp3) is 0.333. The number of fused-ring (bicyclic) bond motifs is 2. The highest BCUT2D eigenvalue weighted by molar-refractivity contribution is 5.37. The number of hydrogen-bond acceptors (Lipinski definition) is 2. The number of rotatable bonds is 4. The number of hydrogen-bond donors (Lipinski definition) is 0. The molecule has 0 radical (unpaired) electrons. The molecule has 2 nitrogen and oxygen atoms in total. The second kappa shape index (κ2) is 8.14. The summed E-state index contributed by atoms with van der Waals surface area (Å²) in [5, 5.41) is 0. The summed E-state index contributed by atoms with van der Waals surface area (Å²) in [4.78, 5) is 5.42. The molecule has 29 heavy (non-hydrogen) atoms. The van der Waals surface area contributed by atoms with Crippen LogP contribution in [0.5, 0.6) is 0 Å². The van der Waals surface area contributed by atoms with Gasteiger partial charge in [0.2, 0.25) is 0 Å². The van der Waals surface area contributed by atoms with Gasteiger partial charge in [-0.05, 0) is 41.5 Å². The van der Waals surface area contributed by atoms with Crippen molar-refractivity contribution in [3.05, 3.63) is 107 Å². The minimum atomic E-state index is 0.178. The summed E-state index contributed by atoms with van der Waals surface area (Å²) < 4.78 is 0. The van der Waals surface area contributed by atoms with Crippen LogP contribution in [-0.4, -0.2) is 29.4 Å². The molecule has 3 aromatic carbocycles. The molecule has 2 heterocycles. The van der Waals surface area contributed by atoms with Crippen LogP contribution in [0.1, 0.15) is 35.1 Å². The second-order valence-corrected chi connectivity index (χ2v) is 8.61. The third-order valence-electron chi connectivity index (χ3n) is 6.92. The van der Waals surface area contributed by atoms with Gasteiger partial charge in [0.05, 0.1) is 0 Å². The molecule has 3 aromatic rings. The van der Waals surface area contributed by atoms with E-state index >= 15 is 0 Å². The van der Waals surface area contributed by atoms with Crippen LogP contribution in [0, 0.1) is 0 Å². The van der Waals surface area contributed by atoms with Crippen molar-refractivity contribution in [3.63, 3.8) is 0 Å². The van der Waals surface area contributed by atoms with Crippen LogP contribution in [0.15, 0.2) is 84.9 Å². The molecule has 0 amide bonds. The van der Waals surface area contributed by atoms with Crippen molar-refractivity contribution in [2.75, 3.05) is 19.6 Å². The van der Waals surface area contributed by atoms with Gasteiger partial charge in [0.25, 0.3) is 0 Å². The smallest absolute Gasteiger partial charge is 0.0491 e. The zero-order valence-electron chi connectivity index (χ0n) is 17.1. The summed E-state index contributed by atoms with van der Waals surface area (Å²) in [6.07, 6.45) is 3.59. The molecular weight excluding hydrogens is 352 g/mol. The normalized spacial score (nSPS) is 19.2. The Labute approximate surface area is 174 Å². The van der Waals surface area contributed by atoms with Crippen LogP contribution in [0.3, 0.4) is 0 Å². The Morgan fingerprint density at radius 3 is 1.90 bits per heavy atom. The Hall–Kier alpha value is -2.42. The SMILES string of the molecule is c1ccc(CN2CCC3(CC2)c2ccccc2CCN3Cc2ccccc2)cc1. The third kappa shape index (κ3) is 3.75. The molecule has 148 valence electrons. The van der Waals surface area contributed by atoms with Crippen LogP contribution in [0.4, 0.5) is 0 Å². The molecule has 0 bridgehead atoms. The van der Waals surface area contributed by atoms with Gasteiger partial charge in [0.1, 0.15) is 0 Å². The largest absolute Gasteiger partial charge is 0.299 e. The molecule has 5 rings (SSSR count). The van der Waals surface area contributed by atoms with Gasteiger partial charge >= 0.3 is 0 Å². The summed E-state index contributed by atoms with van der Waals surface area (Å²) in [5.74, 6) is 0. The van der Waals surface area contributed by atoms with Crippen molar-refractivity contribution in [1.82, 2.24) is 9.80 Å². The lowest BCUT2D eigenvalue weighted by molar-refractivity contribution is 0.000804. The van der Waals surface area contributed by atoms with Gasteiger partial charge in [0.15, 0.2) is 0 Å². The number of nitrogens with zero attached hydrogens (tertiary/aromatic N) is 2. The monoisotopic (exact) mass is 382 g/mol. The van der Waals surface area contributed by atoms with Crippen LogP contribution in [0.25, 0.3) is 0 Å². The average molecular weight is 383 g/mol. The average Bonchev–Trinajstić information content (AvgIpc) is 2.79. The lowest BCUT2D eigenvalue weighted by Crippen LogP contribution is -2.55. The standard InChI is InChI=1S/C27H30N2/c1-3-9-23(10-4-1)21-28-19-16-27(17-20-28)26-14-8-7-13-25(26)15-18-29(27)22-24-11-5-2-6-12-24/h1-14H,15-22H2. The van der Waals surface area contributed by atoms with Gasteiger partial charge in [-0.25, -0.2) is 0 Å².